The fourth-order valence-electron chi connectivity index (χ4n) is 8.27. The number of nitriles is 1. The number of nitrogens with one attached hydrogen (secondary N) is 4. The van der Waals surface area contributed by atoms with Crippen molar-refractivity contribution in [3.8, 4) is 6.07 Å². The van der Waals surface area contributed by atoms with E-state index in [2.05, 4.69) is 92.8 Å². The summed E-state index contributed by atoms with van der Waals surface area (Å²) in [5, 5.41) is 24.7. The average Bonchev–Trinajstić information content (AvgIpc) is 3.81. The van der Waals surface area contributed by atoms with Gasteiger partial charge in [0.15, 0.2) is 22.3 Å². The highest BCUT2D eigenvalue weighted by Crippen LogP contribution is 2.58. The molecule has 21 nitrogen and oxygen atoms in total. The predicted octanol–water partition coefficient (Wildman–Crippen LogP) is 5.63. The number of aliphatic hydroxyl groups excluding tert-OH is 1. The Bertz CT molecular complexity index is 2510. The van der Waals surface area contributed by atoms with Gasteiger partial charge in [0, 0.05) is 36.8 Å². The molecular weight excluding hydrogens is 860 g/mol. The topological polar surface area (TPSA) is 270 Å². The van der Waals surface area contributed by atoms with E-state index >= 15 is 0 Å². The molecule has 0 bridgehead atoms. The summed E-state index contributed by atoms with van der Waals surface area (Å²) in [4.78, 5) is 71.5. The number of amides is 2. The highest BCUT2D eigenvalue weighted by molar-refractivity contribution is 7.44. The molecule has 7 atom stereocenters. The van der Waals surface area contributed by atoms with Gasteiger partial charge in [0.25, 0.3) is 19.6 Å². The Labute approximate surface area is 378 Å². The van der Waals surface area contributed by atoms with E-state index in [4.69, 9.17) is 23.8 Å². The number of aromatic amines is 2. The lowest BCUT2D eigenvalue weighted by Crippen LogP contribution is -2.37. The molecule has 4 fully saturated rings. The smallest absolute Gasteiger partial charge is 0.280 e. The molecule has 4 aromatic heterocycles. The van der Waals surface area contributed by atoms with Crippen LogP contribution in [0.2, 0.25) is 0 Å². The van der Waals surface area contributed by atoms with Gasteiger partial charge in [-0.3, -0.25) is 48.9 Å². The number of ether oxygens (including phenoxy) is 2. The van der Waals surface area contributed by atoms with E-state index in [0.29, 0.717) is 30.7 Å². The minimum Gasteiger partial charge on any atom is -0.390 e. The molecule has 2 aliphatic carbocycles. The monoisotopic (exact) mass is 922 g/mol. The summed E-state index contributed by atoms with van der Waals surface area (Å²) >= 11 is 0. The average molecular weight is 923 g/mol. The summed E-state index contributed by atoms with van der Waals surface area (Å²) in [5.74, 6) is -0.855. The quantitative estimate of drug-likeness (QED) is 0.0674. The lowest BCUT2D eigenvalue weighted by Gasteiger charge is -2.38. The van der Waals surface area contributed by atoms with Crippen LogP contribution in [-0.4, -0.2) is 104 Å². The van der Waals surface area contributed by atoms with Crippen LogP contribution in [0, 0.1) is 34.0 Å². The maximum absolute atomic E-state index is 12.7. The molecule has 2 saturated heterocycles. The molecule has 5 N–H and O–H groups in total. The summed E-state index contributed by atoms with van der Waals surface area (Å²) in [6, 6.07) is 2.50. The summed E-state index contributed by atoms with van der Waals surface area (Å²) in [5.41, 5.74) is 0.134. The number of hydrogen-bond donors (Lipinski definition) is 5. The SMILES string of the molecule is CC(C)C(=O)Nc1nc2c(ncn2[C@H]2CC(O)[C@@H](C3(C)CC3)O2)c(=O)[nH]1.CC(C)C(=O)Nc1nc2c(ncn2[C@H]2CC(OP(OCCC#N)N(C(C)C)C(C)C)[C@@H](C3(C)CC3)O2)c(=O)[nH]1. The van der Waals surface area contributed by atoms with Crippen molar-refractivity contribution in [1.82, 2.24) is 43.7 Å². The van der Waals surface area contributed by atoms with E-state index in [1.165, 1.54) is 6.33 Å². The van der Waals surface area contributed by atoms with Crippen LogP contribution in [-0.2, 0) is 28.1 Å². The molecule has 65 heavy (non-hydrogen) atoms. The minimum absolute atomic E-state index is 0.0197. The standard InChI is InChI=1S/C26H40N7O5P.C17H23N5O4/c1-15(2)23(34)30-25-29-22-20(24(35)31-25)28-14-32(22)19-13-18(21(37-19)26(7)9-10-26)38-39(36-12-8-11-27)33(16(3)4)17(5)6;1-8(2)14(24)20-16-19-13-11(15(25)21-16)18-7-22(13)10-6-9(23)12(26-10)17(3)4-5-17/h14-19,21H,8-10,12-13H2,1-7H3,(H2,29,30,31,34,35);7-10,12,23H,4-6H2,1-3H3,(H2,19,20,21,24,25)/t18?,19-,21+,39?;9?,10-,12+/m11/s1. The largest absolute Gasteiger partial charge is 0.390 e. The van der Waals surface area contributed by atoms with Gasteiger partial charge in [-0.2, -0.15) is 15.2 Å². The summed E-state index contributed by atoms with van der Waals surface area (Å²) in [6.45, 7) is 20.1. The highest BCUT2D eigenvalue weighted by Gasteiger charge is 2.56. The fourth-order valence-corrected chi connectivity index (χ4v) is 10.00. The molecule has 2 amide bonds. The van der Waals surface area contributed by atoms with E-state index in [1.807, 2.05) is 0 Å². The van der Waals surface area contributed by atoms with E-state index in [1.54, 1.807) is 43.2 Å². The second-order valence-electron chi connectivity index (χ2n) is 19.3. The second-order valence-corrected chi connectivity index (χ2v) is 20.7. The first-order valence-electron chi connectivity index (χ1n) is 22.5. The number of hydrogen-bond acceptors (Lipinski definition) is 15. The number of carbonyl (C=O) groups is 2. The maximum atomic E-state index is 12.7. The second kappa shape index (κ2) is 19.3. The zero-order valence-corrected chi connectivity index (χ0v) is 39.7. The van der Waals surface area contributed by atoms with Gasteiger partial charge < -0.3 is 23.6 Å². The van der Waals surface area contributed by atoms with Crippen LogP contribution >= 0.6 is 8.53 Å². The zero-order chi connectivity index (χ0) is 47.1. The molecule has 2 saturated carbocycles. The molecule has 354 valence electrons. The molecule has 4 aromatic rings. The van der Waals surface area contributed by atoms with Crippen LogP contribution < -0.4 is 21.8 Å². The molecular formula is C43H63N12O9P. The van der Waals surface area contributed by atoms with Gasteiger partial charge in [-0.25, -0.2) is 14.6 Å². The number of rotatable bonds is 16. The number of nitrogens with zero attached hydrogens (tertiary/aromatic N) is 8. The van der Waals surface area contributed by atoms with Crippen LogP contribution in [0.5, 0.6) is 0 Å². The van der Waals surface area contributed by atoms with Crippen molar-refractivity contribution >= 4 is 54.6 Å². The van der Waals surface area contributed by atoms with Gasteiger partial charge >= 0.3 is 0 Å². The number of H-pyrrole nitrogens is 2. The predicted molar refractivity (Wildman–Crippen MR) is 241 cm³/mol. The van der Waals surface area contributed by atoms with E-state index in [-0.39, 0.29) is 94.2 Å². The van der Waals surface area contributed by atoms with Crippen molar-refractivity contribution in [3.05, 3.63) is 33.4 Å². The Hall–Kier alpha value is -4.68. The van der Waals surface area contributed by atoms with Crippen molar-refractivity contribution in [2.24, 2.45) is 22.7 Å². The Morgan fingerprint density at radius 2 is 1.31 bits per heavy atom. The van der Waals surface area contributed by atoms with Gasteiger partial charge in [0.1, 0.15) is 12.5 Å². The minimum atomic E-state index is -1.45. The molecule has 2 aliphatic heterocycles. The van der Waals surface area contributed by atoms with Gasteiger partial charge in [-0.05, 0) is 64.2 Å². The van der Waals surface area contributed by atoms with Crippen LogP contribution in [0.3, 0.4) is 0 Å². The number of carbonyl (C=O) groups excluding carboxylic acids is 2. The van der Waals surface area contributed by atoms with Crippen LogP contribution in [0.1, 0.15) is 127 Å². The number of fused-ring (bicyclic) bond motifs is 2. The molecule has 0 radical (unpaired) electrons. The van der Waals surface area contributed by atoms with Crippen molar-refractivity contribution in [3.63, 3.8) is 0 Å². The van der Waals surface area contributed by atoms with Crippen LogP contribution in [0.15, 0.2) is 22.2 Å². The lowest BCUT2D eigenvalue weighted by atomic mass is 9.97. The molecule has 6 heterocycles. The molecule has 4 aliphatic rings. The zero-order valence-electron chi connectivity index (χ0n) is 38.8. The van der Waals surface area contributed by atoms with Gasteiger partial charge in [-0.1, -0.05) is 41.5 Å². The number of anilines is 2. The Kier molecular flexibility index (Phi) is 14.3. The molecule has 0 aromatic carbocycles. The van der Waals surface area contributed by atoms with Gasteiger partial charge in [0.05, 0.1) is 56.2 Å². The molecule has 22 heteroatoms. The Morgan fingerprint density at radius 3 is 1.75 bits per heavy atom. The first-order chi connectivity index (χ1) is 30.7. The third-order valence-electron chi connectivity index (χ3n) is 12.5. The highest BCUT2D eigenvalue weighted by atomic mass is 31.2. The Balaban J connectivity index is 0.000000209. The van der Waals surface area contributed by atoms with Crippen molar-refractivity contribution in [2.75, 3.05) is 17.2 Å². The van der Waals surface area contributed by atoms with Crippen LogP contribution in [0.25, 0.3) is 22.3 Å². The lowest BCUT2D eigenvalue weighted by molar-refractivity contribution is -0.119. The van der Waals surface area contributed by atoms with E-state index in [9.17, 15) is 24.3 Å². The third-order valence-corrected chi connectivity index (χ3v) is 14.7. The van der Waals surface area contributed by atoms with Gasteiger partial charge in [0.2, 0.25) is 23.7 Å². The first-order valence-corrected chi connectivity index (χ1v) is 23.7. The normalized spacial score (nSPS) is 24.8. The van der Waals surface area contributed by atoms with E-state index < -0.39 is 38.2 Å². The van der Waals surface area contributed by atoms with Crippen molar-refractivity contribution in [2.45, 2.75) is 163 Å². The maximum Gasteiger partial charge on any atom is 0.280 e. The summed E-state index contributed by atoms with van der Waals surface area (Å²) in [6.07, 6.45) is 6.24. The van der Waals surface area contributed by atoms with Crippen molar-refractivity contribution < 1.29 is 33.2 Å². The Morgan fingerprint density at radius 1 is 0.846 bits per heavy atom. The summed E-state index contributed by atoms with van der Waals surface area (Å²) in [7, 11) is -1.45. The fraction of sp³-hybridized carbons (Fsp3) is 0.698. The van der Waals surface area contributed by atoms with Crippen molar-refractivity contribution in [1.29, 1.82) is 5.26 Å². The number of aliphatic hydroxyl groups is 1. The molecule has 0 spiro atoms. The number of imidazole rings is 2. The first kappa shape index (κ1) is 48.3. The third kappa shape index (κ3) is 10.5. The van der Waals surface area contributed by atoms with Gasteiger partial charge in [-0.15, -0.1) is 0 Å². The van der Waals surface area contributed by atoms with Crippen LogP contribution in [0.4, 0.5) is 11.9 Å². The van der Waals surface area contributed by atoms with E-state index in [0.717, 1.165) is 25.7 Å². The number of aromatic nitrogens is 8. The molecule has 3 unspecified atom stereocenters. The summed E-state index contributed by atoms with van der Waals surface area (Å²) < 4.78 is 31.2. The molecule has 8 rings (SSSR count).